The average molecular weight is 388 g/mol. The molecule has 29 heavy (non-hydrogen) atoms. The van der Waals surface area contributed by atoms with Gasteiger partial charge in [-0.1, -0.05) is 0 Å². The number of carbonyl (C=O) groups is 1. The van der Waals surface area contributed by atoms with Crippen LogP contribution < -0.4 is 9.64 Å². The van der Waals surface area contributed by atoms with Crippen LogP contribution in [0.3, 0.4) is 0 Å². The monoisotopic (exact) mass is 388 g/mol. The van der Waals surface area contributed by atoms with E-state index in [1.54, 1.807) is 24.3 Å². The first-order valence-electron chi connectivity index (χ1n) is 9.49. The summed E-state index contributed by atoms with van der Waals surface area (Å²) < 4.78 is 11.1. The standard InChI is InChI=1S/C22H20N4O3/c1-14(2)28-18-6-7-19(17(11-18)12-23)21-24-22(25-29-21)26-9-3-4-16-10-15(13-27)5-8-20(16)26/h5-8,10-11,13-14H,3-4,9H2,1-2H3. The summed E-state index contributed by atoms with van der Waals surface area (Å²) in [6.45, 7) is 4.61. The lowest BCUT2D eigenvalue weighted by Crippen LogP contribution is -2.25. The van der Waals surface area contributed by atoms with Crippen molar-refractivity contribution in [2.45, 2.75) is 32.8 Å². The Kier molecular flexibility index (Phi) is 5.00. The average Bonchev–Trinajstić information content (AvgIpc) is 3.22. The van der Waals surface area contributed by atoms with E-state index in [-0.39, 0.29) is 12.0 Å². The maximum Gasteiger partial charge on any atom is 0.270 e. The molecular formula is C22H20N4O3. The first-order chi connectivity index (χ1) is 14.1. The molecule has 0 aliphatic carbocycles. The van der Waals surface area contributed by atoms with Crippen LogP contribution in [0.1, 0.15) is 41.8 Å². The quantitative estimate of drug-likeness (QED) is 0.602. The Morgan fingerprint density at radius 3 is 2.90 bits per heavy atom. The molecule has 1 aliphatic rings. The van der Waals surface area contributed by atoms with Crippen LogP contribution in [0.25, 0.3) is 11.5 Å². The lowest BCUT2D eigenvalue weighted by atomic mass is 10.00. The minimum absolute atomic E-state index is 0.0151. The van der Waals surface area contributed by atoms with Gasteiger partial charge in [0.05, 0.1) is 17.2 Å². The summed E-state index contributed by atoms with van der Waals surface area (Å²) in [6.07, 6.45) is 2.68. The second-order valence-electron chi connectivity index (χ2n) is 7.15. The maximum absolute atomic E-state index is 11.1. The van der Waals surface area contributed by atoms with Gasteiger partial charge in [-0.05, 0) is 73.8 Å². The van der Waals surface area contributed by atoms with Crippen molar-refractivity contribution >= 4 is 17.9 Å². The van der Waals surface area contributed by atoms with E-state index >= 15 is 0 Å². The Morgan fingerprint density at radius 1 is 1.28 bits per heavy atom. The molecule has 1 aliphatic heterocycles. The van der Waals surface area contributed by atoms with Crippen LogP contribution >= 0.6 is 0 Å². The van der Waals surface area contributed by atoms with Crippen molar-refractivity contribution in [3.8, 4) is 23.3 Å². The van der Waals surface area contributed by atoms with Crippen LogP contribution in [-0.2, 0) is 6.42 Å². The fourth-order valence-electron chi connectivity index (χ4n) is 3.48. The van der Waals surface area contributed by atoms with Crippen LogP contribution in [0.15, 0.2) is 40.9 Å². The van der Waals surface area contributed by atoms with E-state index in [9.17, 15) is 10.1 Å². The number of carbonyl (C=O) groups excluding carboxylic acids is 1. The molecule has 146 valence electrons. The van der Waals surface area contributed by atoms with E-state index in [2.05, 4.69) is 16.2 Å². The predicted molar refractivity (Wildman–Crippen MR) is 107 cm³/mol. The fourth-order valence-corrected chi connectivity index (χ4v) is 3.48. The van der Waals surface area contributed by atoms with Gasteiger partial charge in [0.2, 0.25) is 0 Å². The minimum Gasteiger partial charge on any atom is -0.491 e. The van der Waals surface area contributed by atoms with Gasteiger partial charge < -0.3 is 14.2 Å². The fraction of sp³-hybridized carbons (Fsp3) is 0.273. The van der Waals surface area contributed by atoms with Crippen LogP contribution in [0.2, 0.25) is 0 Å². The number of nitrogens with zero attached hydrogens (tertiary/aromatic N) is 4. The summed E-state index contributed by atoms with van der Waals surface area (Å²) in [5.41, 5.74) is 3.68. The highest BCUT2D eigenvalue weighted by atomic mass is 16.5. The smallest absolute Gasteiger partial charge is 0.270 e. The van der Waals surface area contributed by atoms with Gasteiger partial charge in [-0.15, -0.1) is 0 Å². The zero-order valence-corrected chi connectivity index (χ0v) is 16.3. The Balaban J connectivity index is 1.67. The molecule has 0 spiro atoms. The van der Waals surface area contributed by atoms with Crippen LogP contribution in [0.5, 0.6) is 5.75 Å². The number of hydrogen-bond acceptors (Lipinski definition) is 7. The molecule has 0 saturated heterocycles. The molecule has 0 fully saturated rings. The lowest BCUT2D eigenvalue weighted by Gasteiger charge is -2.28. The third-order valence-electron chi connectivity index (χ3n) is 4.73. The summed E-state index contributed by atoms with van der Waals surface area (Å²) >= 11 is 0. The number of anilines is 2. The largest absolute Gasteiger partial charge is 0.491 e. The van der Waals surface area contributed by atoms with Gasteiger partial charge in [0, 0.05) is 17.8 Å². The molecule has 0 bridgehead atoms. The van der Waals surface area contributed by atoms with E-state index in [0.29, 0.717) is 28.4 Å². The highest BCUT2D eigenvalue weighted by Gasteiger charge is 2.24. The second kappa shape index (κ2) is 7.76. The van der Waals surface area contributed by atoms with Crippen molar-refractivity contribution in [1.82, 2.24) is 10.1 Å². The highest BCUT2D eigenvalue weighted by molar-refractivity contribution is 5.78. The summed E-state index contributed by atoms with van der Waals surface area (Å²) in [5, 5.41) is 13.7. The molecule has 0 atom stereocenters. The topological polar surface area (TPSA) is 92.2 Å². The zero-order valence-electron chi connectivity index (χ0n) is 16.3. The van der Waals surface area contributed by atoms with E-state index in [0.717, 1.165) is 36.9 Å². The van der Waals surface area contributed by atoms with Crippen LogP contribution in [-0.4, -0.2) is 29.1 Å². The zero-order chi connectivity index (χ0) is 20.4. The van der Waals surface area contributed by atoms with Crippen molar-refractivity contribution in [3.63, 3.8) is 0 Å². The molecule has 0 saturated carbocycles. The third kappa shape index (κ3) is 3.69. The number of nitriles is 1. The highest BCUT2D eigenvalue weighted by Crippen LogP contribution is 2.34. The van der Waals surface area contributed by atoms with Gasteiger partial charge in [0.1, 0.15) is 18.1 Å². The Hall–Kier alpha value is -3.66. The van der Waals surface area contributed by atoms with Crippen LogP contribution in [0, 0.1) is 11.3 Å². The van der Waals surface area contributed by atoms with E-state index < -0.39 is 0 Å². The van der Waals surface area contributed by atoms with Crippen LogP contribution in [0.4, 0.5) is 11.6 Å². The molecule has 0 radical (unpaired) electrons. The predicted octanol–water partition coefficient (Wildman–Crippen LogP) is 4.29. The molecule has 2 aromatic carbocycles. The first kappa shape index (κ1) is 18.7. The Morgan fingerprint density at radius 2 is 2.14 bits per heavy atom. The Labute approximate surface area is 168 Å². The molecule has 4 rings (SSSR count). The number of fused-ring (bicyclic) bond motifs is 1. The summed E-state index contributed by atoms with van der Waals surface area (Å²) in [5.74, 6) is 1.34. The van der Waals surface area contributed by atoms with Crippen molar-refractivity contribution in [3.05, 3.63) is 53.1 Å². The third-order valence-corrected chi connectivity index (χ3v) is 4.73. The SMILES string of the molecule is CC(C)Oc1ccc(-c2nc(N3CCCc4cc(C=O)ccc43)no2)c(C#N)c1. The number of ether oxygens (including phenoxy) is 1. The molecule has 0 amide bonds. The van der Waals surface area contributed by atoms with Crippen molar-refractivity contribution in [2.75, 3.05) is 11.4 Å². The Bertz CT molecular complexity index is 1100. The van der Waals surface area contributed by atoms with Crippen molar-refractivity contribution in [2.24, 2.45) is 0 Å². The number of benzene rings is 2. The van der Waals surface area contributed by atoms with Gasteiger partial charge in [-0.3, -0.25) is 4.79 Å². The van der Waals surface area contributed by atoms with Gasteiger partial charge in [-0.2, -0.15) is 10.2 Å². The normalized spacial score (nSPS) is 13.1. The van der Waals surface area contributed by atoms with Gasteiger partial charge in [0.15, 0.2) is 0 Å². The van der Waals surface area contributed by atoms with E-state index in [1.165, 1.54) is 0 Å². The molecule has 2 heterocycles. The molecule has 7 heteroatoms. The van der Waals surface area contributed by atoms with Crippen molar-refractivity contribution < 1.29 is 14.1 Å². The first-order valence-corrected chi connectivity index (χ1v) is 9.49. The number of aromatic nitrogens is 2. The summed E-state index contributed by atoms with van der Waals surface area (Å²) in [7, 11) is 0. The number of hydrogen-bond donors (Lipinski definition) is 0. The molecule has 0 unspecified atom stereocenters. The summed E-state index contributed by atoms with van der Waals surface area (Å²) in [6, 6.07) is 13.0. The number of aryl methyl sites for hydroxylation is 1. The van der Waals surface area contributed by atoms with Gasteiger partial charge in [-0.25, -0.2) is 0 Å². The van der Waals surface area contributed by atoms with E-state index in [4.69, 9.17) is 9.26 Å². The maximum atomic E-state index is 11.1. The molecule has 7 nitrogen and oxygen atoms in total. The van der Waals surface area contributed by atoms with Gasteiger partial charge in [0.25, 0.3) is 11.8 Å². The van der Waals surface area contributed by atoms with Gasteiger partial charge >= 0.3 is 0 Å². The molecular weight excluding hydrogens is 368 g/mol. The van der Waals surface area contributed by atoms with Crippen molar-refractivity contribution in [1.29, 1.82) is 5.26 Å². The second-order valence-corrected chi connectivity index (χ2v) is 7.15. The lowest BCUT2D eigenvalue weighted by molar-refractivity contribution is 0.112. The molecule has 0 N–H and O–H groups in total. The number of rotatable bonds is 5. The van der Waals surface area contributed by atoms with E-state index in [1.807, 2.05) is 30.9 Å². The summed E-state index contributed by atoms with van der Waals surface area (Å²) in [4.78, 5) is 17.6. The number of aldehydes is 1. The molecule has 3 aromatic rings. The molecule has 1 aromatic heterocycles. The minimum atomic E-state index is 0.0151.